The fraction of sp³-hybridized carbons (Fsp3) is 0.462. The maximum Gasteiger partial charge on any atom is 0.251 e. The number of nitrogens with one attached hydrogen (secondary N) is 1. The predicted molar refractivity (Wildman–Crippen MR) is 66.6 cm³/mol. The highest BCUT2D eigenvalue weighted by Gasteiger charge is 2.08. The van der Waals surface area contributed by atoms with Crippen molar-refractivity contribution in [2.24, 2.45) is 0 Å². The SMILES string of the molecule is CCc1cc(OC)cc(C(=O)NCCOC)c1. The summed E-state index contributed by atoms with van der Waals surface area (Å²) in [6.45, 7) is 3.06. The lowest BCUT2D eigenvalue weighted by Gasteiger charge is -2.08. The van der Waals surface area contributed by atoms with E-state index in [1.807, 2.05) is 19.1 Å². The predicted octanol–water partition coefficient (Wildman–Crippen LogP) is 1.63. The molecule has 0 aliphatic heterocycles. The van der Waals surface area contributed by atoms with Gasteiger partial charge in [0, 0.05) is 19.2 Å². The van der Waals surface area contributed by atoms with Crippen molar-refractivity contribution in [2.45, 2.75) is 13.3 Å². The second-order valence-corrected chi connectivity index (χ2v) is 3.67. The van der Waals surface area contributed by atoms with Crippen LogP contribution in [0.3, 0.4) is 0 Å². The summed E-state index contributed by atoms with van der Waals surface area (Å²) in [6, 6.07) is 5.55. The normalized spacial score (nSPS) is 10.1. The Kier molecular flexibility index (Phi) is 5.49. The van der Waals surface area contributed by atoms with Crippen LogP contribution < -0.4 is 10.1 Å². The highest BCUT2D eigenvalue weighted by atomic mass is 16.5. The first-order valence-electron chi connectivity index (χ1n) is 5.66. The number of hydrogen-bond donors (Lipinski definition) is 1. The van der Waals surface area contributed by atoms with Crippen LogP contribution in [0.15, 0.2) is 18.2 Å². The van der Waals surface area contributed by atoms with Gasteiger partial charge in [-0.2, -0.15) is 0 Å². The fourth-order valence-electron chi connectivity index (χ4n) is 1.48. The zero-order valence-corrected chi connectivity index (χ0v) is 10.6. The van der Waals surface area contributed by atoms with Gasteiger partial charge in [-0.3, -0.25) is 4.79 Å². The van der Waals surface area contributed by atoms with Crippen molar-refractivity contribution in [2.75, 3.05) is 27.4 Å². The van der Waals surface area contributed by atoms with Gasteiger partial charge in [0.25, 0.3) is 5.91 Å². The third kappa shape index (κ3) is 4.07. The van der Waals surface area contributed by atoms with Crippen molar-refractivity contribution >= 4 is 5.91 Å². The lowest BCUT2D eigenvalue weighted by molar-refractivity contribution is 0.0936. The number of rotatable bonds is 6. The zero-order valence-electron chi connectivity index (χ0n) is 10.6. The summed E-state index contributed by atoms with van der Waals surface area (Å²) in [5.41, 5.74) is 1.71. The first-order chi connectivity index (χ1) is 8.21. The Labute approximate surface area is 102 Å². The lowest BCUT2D eigenvalue weighted by atomic mass is 10.1. The third-order valence-corrected chi connectivity index (χ3v) is 2.46. The van der Waals surface area contributed by atoms with Crippen LogP contribution >= 0.6 is 0 Å². The van der Waals surface area contributed by atoms with Gasteiger partial charge in [-0.25, -0.2) is 0 Å². The molecule has 1 rings (SSSR count). The second-order valence-electron chi connectivity index (χ2n) is 3.67. The van der Waals surface area contributed by atoms with Gasteiger partial charge in [0.1, 0.15) is 5.75 Å². The van der Waals surface area contributed by atoms with Crippen molar-refractivity contribution in [1.29, 1.82) is 0 Å². The van der Waals surface area contributed by atoms with Gasteiger partial charge in [-0.1, -0.05) is 6.92 Å². The van der Waals surface area contributed by atoms with Crippen molar-refractivity contribution in [1.82, 2.24) is 5.32 Å². The quantitative estimate of drug-likeness (QED) is 0.765. The van der Waals surface area contributed by atoms with Gasteiger partial charge in [-0.05, 0) is 30.2 Å². The molecule has 1 aromatic carbocycles. The molecule has 0 aliphatic carbocycles. The van der Waals surface area contributed by atoms with Crippen LogP contribution in [-0.2, 0) is 11.2 Å². The van der Waals surface area contributed by atoms with Crippen LogP contribution in [0.1, 0.15) is 22.8 Å². The molecule has 0 atom stereocenters. The molecule has 0 unspecified atom stereocenters. The number of amides is 1. The monoisotopic (exact) mass is 237 g/mol. The molecule has 94 valence electrons. The molecule has 17 heavy (non-hydrogen) atoms. The highest BCUT2D eigenvalue weighted by Crippen LogP contribution is 2.17. The number of carbonyl (C=O) groups is 1. The standard InChI is InChI=1S/C13H19NO3/c1-4-10-7-11(9-12(8-10)17-3)13(15)14-5-6-16-2/h7-9H,4-6H2,1-3H3,(H,14,15). The van der Waals surface area contributed by atoms with E-state index in [-0.39, 0.29) is 5.91 Å². The van der Waals surface area contributed by atoms with Gasteiger partial charge >= 0.3 is 0 Å². The maximum absolute atomic E-state index is 11.8. The average Bonchev–Trinajstić information content (AvgIpc) is 2.38. The van der Waals surface area contributed by atoms with Crippen LogP contribution in [0.25, 0.3) is 0 Å². The largest absolute Gasteiger partial charge is 0.497 e. The average molecular weight is 237 g/mol. The molecular weight excluding hydrogens is 218 g/mol. The first kappa shape index (κ1) is 13.5. The zero-order chi connectivity index (χ0) is 12.7. The molecule has 0 saturated carbocycles. The van der Waals surface area contributed by atoms with E-state index < -0.39 is 0 Å². The van der Waals surface area contributed by atoms with Crippen molar-refractivity contribution < 1.29 is 14.3 Å². The summed E-state index contributed by atoms with van der Waals surface area (Å²) in [7, 11) is 3.20. The van der Waals surface area contributed by atoms with E-state index >= 15 is 0 Å². The van der Waals surface area contributed by atoms with Crippen molar-refractivity contribution in [3.05, 3.63) is 29.3 Å². The van der Waals surface area contributed by atoms with Gasteiger partial charge in [0.2, 0.25) is 0 Å². The minimum absolute atomic E-state index is 0.101. The Hall–Kier alpha value is -1.55. The molecule has 0 radical (unpaired) electrons. The van der Waals surface area contributed by atoms with Gasteiger partial charge < -0.3 is 14.8 Å². The molecule has 0 aromatic heterocycles. The minimum Gasteiger partial charge on any atom is -0.497 e. The molecule has 1 amide bonds. The maximum atomic E-state index is 11.8. The number of ether oxygens (including phenoxy) is 2. The second kappa shape index (κ2) is 6.91. The van der Waals surface area contributed by atoms with Crippen LogP contribution in [0, 0.1) is 0 Å². The summed E-state index contributed by atoms with van der Waals surface area (Å²) in [5, 5.41) is 2.78. The molecule has 1 N–H and O–H groups in total. The lowest BCUT2D eigenvalue weighted by Crippen LogP contribution is -2.27. The Morgan fingerprint density at radius 1 is 1.29 bits per heavy atom. The molecule has 0 aliphatic rings. The van der Waals surface area contributed by atoms with E-state index in [0.717, 1.165) is 12.0 Å². The van der Waals surface area contributed by atoms with Crippen LogP contribution in [0.5, 0.6) is 5.75 Å². The molecule has 4 nitrogen and oxygen atoms in total. The number of hydrogen-bond acceptors (Lipinski definition) is 3. The molecule has 0 saturated heterocycles. The van der Waals surface area contributed by atoms with Gasteiger partial charge in [0.05, 0.1) is 13.7 Å². The van der Waals surface area contributed by atoms with Crippen molar-refractivity contribution in [3.8, 4) is 5.75 Å². The van der Waals surface area contributed by atoms with E-state index in [1.165, 1.54) is 0 Å². The Bertz CT molecular complexity index is 355. The summed E-state index contributed by atoms with van der Waals surface area (Å²) in [5.74, 6) is 0.608. The smallest absolute Gasteiger partial charge is 0.251 e. The summed E-state index contributed by atoms with van der Waals surface area (Å²) in [6.07, 6.45) is 0.871. The first-order valence-corrected chi connectivity index (χ1v) is 5.66. The number of aryl methyl sites for hydroxylation is 1. The molecule has 0 heterocycles. The molecule has 4 heteroatoms. The minimum atomic E-state index is -0.101. The Morgan fingerprint density at radius 2 is 2.06 bits per heavy atom. The van der Waals surface area contributed by atoms with Gasteiger partial charge in [0.15, 0.2) is 0 Å². The van der Waals surface area contributed by atoms with E-state index in [9.17, 15) is 4.79 Å². The van der Waals surface area contributed by atoms with E-state index in [4.69, 9.17) is 9.47 Å². The highest BCUT2D eigenvalue weighted by molar-refractivity contribution is 5.94. The Morgan fingerprint density at radius 3 is 2.65 bits per heavy atom. The van der Waals surface area contributed by atoms with Crippen LogP contribution in [0.2, 0.25) is 0 Å². The fourth-order valence-corrected chi connectivity index (χ4v) is 1.48. The van der Waals surface area contributed by atoms with Crippen molar-refractivity contribution in [3.63, 3.8) is 0 Å². The van der Waals surface area contributed by atoms with E-state index in [0.29, 0.717) is 24.5 Å². The molecular formula is C13H19NO3. The van der Waals surface area contributed by atoms with E-state index in [2.05, 4.69) is 5.32 Å². The number of carbonyl (C=O) groups excluding carboxylic acids is 1. The van der Waals surface area contributed by atoms with Crippen LogP contribution in [-0.4, -0.2) is 33.3 Å². The molecule has 0 spiro atoms. The number of methoxy groups -OCH3 is 2. The van der Waals surface area contributed by atoms with Crippen LogP contribution in [0.4, 0.5) is 0 Å². The topological polar surface area (TPSA) is 47.6 Å². The summed E-state index contributed by atoms with van der Waals surface area (Å²) in [4.78, 5) is 11.8. The summed E-state index contributed by atoms with van der Waals surface area (Å²) >= 11 is 0. The molecule has 0 bridgehead atoms. The summed E-state index contributed by atoms with van der Waals surface area (Å²) < 4.78 is 10.0. The Balaban J connectivity index is 2.77. The molecule has 1 aromatic rings. The molecule has 0 fully saturated rings. The van der Waals surface area contributed by atoms with E-state index in [1.54, 1.807) is 20.3 Å². The van der Waals surface area contributed by atoms with Gasteiger partial charge in [-0.15, -0.1) is 0 Å². The third-order valence-electron chi connectivity index (χ3n) is 2.46. The number of benzene rings is 1.